The molecule has 1 aliphatic heterocycles. The smallest absolute Gasteiger partial charge is 0.0328 e. The second kappa shape index (κ2) is 7.74. The molecule has 2 nitrogen and oxygen atoms in total. The Kier molecular flexibility index (Phi) is 5.44. The Morgan fingerprint density at radius 3 is 2.48 bits per heavy atom. The van der Waals surface area contributed by atoms with Crippen LogP contribution in [-0.4, -0.2) is 42.5 Å². The van der Waals surface area contributed by atoms with Crippen LogP contribution in [0.3, 0.4) is 0 Å². The number of rotatable bonds is 5. The maximum Gasteiger partial charge on any atom is 0.0328 e. The van der Waals surface area contributed by atoms with Gasteiger partial charge in [-0.25, -0.2) is 0 Å². The Morgan fingerprint density at radius 1 is 0.857 bits per heavy atom. The van der Waals surface area contributed by atoms with Crippen molar-refractivity contribution < 1.29 is 0 Å². The molecule has 0 atom stereocenters. The molecule has 1 fully saturated rings. The summed E-state index contributed by atoms with van der Waals surface area (Å²) in [5, 5.41) is 2.18. The summed E-state index contributed by atoms with van der Waals surface area (Å²) in [5.41, 5.74) is 1.46. The van der Waals surface area contributed by atoms with Gasteiger partial charge in [0.1, 0.15) is 0 Å². The fraction of sp³-hybridized carbons (Fsp3) is 0.444. The van der Waals surface area contributed by atoms with E-state index in [2.05, 4.69) is 57.6 Å². The predicted octanol–water partition coefficient (Wildman–Crippen LogP) is 3.50. The van der Waals surface area contributed by atoms with Gasteiger partial charge >= 0.3 is 0 Å². The van der Waals surface area contributed by atoms with Gasteiger partial charge in [0.25, 0.3) is 0 Å². The van der Waals surface area contributed by atoms with E-state index in [1.807, 2.05) is 11.3 Å². The van der Waals surface area contributed by atoms with E-state index in [9.17, 15) is 0 Å². The fourth-order valence-electron chi connectivity index (χ4n) is 2.96. The van der Waals surface area contributed by atoms with E-state index in [1.54, 1.807) is 0 Å². The number of thiophene rings is 1. The zero-order chi connectivity index (χ0) is 14.3. The van der Waals surface area contributed by atoms with Gasteiger partial charge in [-0.3, -0.25) is 4.90 Å². The molecule has 0 amide bonds. The van der Waals surface area contributed by atoms with Crippen LogP contribution in [0.1, 0.15) is 16.9 Å². The van der Waals surface area contributed by atoms with E-state index in [0.29, 0.717) is 0 Å². The van der Waals surface area contributed by atoms with E-state index in [-0.39, 0.29) is 0 Å². The van der Waals surface area contributed by atoms with E-state index < -0.39 is 0 Å². The van der Waals surface area contributed by atoms with Crippen LogP contribution in [0.15, 0.2) is 47.8 Å². The largest absolute Gasteiger partial charge is 0.302 e. The maximum atomic E-state index is 2.63. The van der Waals surface area contributed by atoms with Crippen LogP contribution in [0, 0.1) is 0 Å². The van der Waals surface area contributed by atoms with Crippen molar-refractivity contribution in [3.8, 4) is 0 Å². The van der Waals surface area contributed by atoms with Crippen LogP contribution < -0.4 is 0 Å². The molecule has 1 aliphatic rings. The monoisotopic (exact) mass is 300 g/mol. The third kappa shape index (κ3) is 4.67. The lowest BCUT2D eigenvalue weighted by atomic mass is 10.1. The Morgan fingerprint density at radius 2 is 1.67 bits per heavy atom. The fourth-order valence-corrected chi connectivity index (χ4v) is 3.71. The first kappa shape index (κ1) is 14.8. The lowest BCUT2D eigenvalue weighted by Crippen LogP contribution is -2.31. The molecule has 112 valence electrons. The Hall–Kier alpha value is -1.16. The third-order valence-electron chi connectivity index (χ3n) is 4.20. The summed E-state index contributed by atoms with van der Waals surface area (Å²) in [5.74, 6) is 0. The van der Waals surface area contributed by atoms with E-state index >= 15 is 0 Å². The molecule has 0 aliphatic carbocycles. The molecule has 0 N–H and O–H groups in total. The highest BCUT2D eigenvalue weighted by Gasteiger charge is 2.15. The van der Waals surface area contributed by atoms with Crippen LogP contribution >= 0.6 is 11.3 Å². The van der Waals surface area contributed by atoms with Gasteiger partial charge in [0.05, 0.1) is 0 Å². The molecule has 1 aromatic carbocycles. The molecule has 0 saturated carbocycles. The second-order valence-corrected chi connectivity index (χ2v) is 6.82. The molecule has 0 spiro atoms. The highest BCUT2D eigenvalue weighted by Crippen LogP contribution is 2.14. The minimum Gasteiger partial charge on any atom is -0.302 e. The zero-order valence-electron chi connectivity index (χ0n) is 12.6. The van der Waals surface area contributed by atoms with E-state index in [4.69, 9.17) is 0 Å². The lowest BCUT2D eigenvalue weighted by Gasteiger charge is -2.21. The first-order valence-electron chi connectivity index (χ1n) is 7.91. The zero-order valence-corrected chi connectivity index (χ0v) is 13.4. The molecule has 2 heterocycles. The predicted molar refractivity (Wildman–Crippen MR) is 90.8 cm³/mol. The van der Waals surface area contributed by atoms with Crippen molar-refractivity contribution in [2.45, 2.75) is 19.4 Å². The van der Waals surface area contributed by atoms with Crippen LogP contribution in [-0.2, 0) is 13.0 Å². The summed E-state index contributed by atoms with van der Waals surface area (Å²) in [6.45, 7) is 7.21. The van der Waals surface area contributed by atoms with Crippen LogP contribution in [0.4, 0.5) is 0 Å². The van der Waals surface area contributed by atoms with Crippen molar-refractivity contribution in [3.05, 3.63) is 58.3 Å². The summed E-state index contributed by atoms with van der Waals surface area (Å²) in [4.78, 5) is 6.73. The van der Waals surface area contributed by atoms with Gasteiger partial charge in [-0.2, -0.15) is 0 Å². The maximum absolute atomic E-state index is 2.63. The molecular weight excluding hydrogens is 276 g/mol. The minimum atomic E-state index is 1.13. The van der Waals surface area contributed by atoms with Gasteiger partial charge < -0.3 is 4.90 Å². The Labute approximate surface area is 132 Å². The summed E-state index contributed by atoms with van der Waals surface area (Å²) in [6.07, 6.45) is 2.46. The molecule has 3 heteroatoms. The van der Waals surface area contributed by atoms with Crippen LogP contribution in [0.5, 0.6) is 0 Å². The van der Waals surface area contributed by atoms with Gasteiger partial charge in [-0.05, 0) is 42.9 Å². The molecule has 2 aromatic rings. The number of benzene rings is 1. The molecule has 21 heavy (non-hydrogen) atoms. The summed E-state index contributed by atoms with van der Waals surface area (Å²) < 4.78 is 0. The van der Waals surface area contributed by atoms with Crippen molar-refractivity contribution >= 4 is 11.3 Å². The van der Waals surface area contributed by atoms with Gasteiger partial charge in [0.15, 0.2) is 0 Å². The van der Waals surface area contributed by atoms with Crippen molar-refractivity contribution in [2.75, 3.05) is 32.7 Å². The topological polar surface area (TPSA) is 6.48 Å². The van der Waals surface area contributed by atoms with Crippen LogP contribution in [0.2, 0.25) is 0 Å². The SMILES string of the molecule is c1ccc(CCN2CCCN(Cc3cccs3)CC2)cc1. The molecular formula is C18H24N2S. The number of nitrogens with zero attached hydrogens (tertiary/aromatic N) is 2. The van der Waals surface area contributed by atoms with Crippen molar-refractivity contribution in [3.63, 3.8) is 0 Å². The molecule has 3 rings (SSSR count). The van der Waals surface area contributed by atoms with Crippen LogP contribution in [0.25, 0.3) is 0 Å². The molecule has 0 unspecified atom stereocenters. The first-order valence-corrected chi connectivity index (χ1v) is 8.79. The van der Waals surface area contributed by atoms with Crippen molar-refractivity contribution in [1.29, 1.82) is 0 Å². The van der Waals surface area contributed by atoms with Gasteiger partial charge in [0.2, 0.25) is 0 Å². The average Bonchev–Trinajstić information content (AvgIpc) is 2.93. The highest BCUT2D eigenvalue weighted by molar-refractivity contribution is 7.09. The van der Waals surface area contributed by atoms with Crippen molar-refractivity contribution in [2.24, 2.45) is 0 Å². The van der Waals surface area contributed by atoms with Gasteiger partial charge in [-0.1, -0.05) is 36.4 Å². The summed E-state index contributed by atoms with van der Waals surface area (Å²) in [7, 11) is 0. The molecule has 0 radical (unpaired) electrons. The summed E-state index contributed by atoms with van der Waals surface area (Å²) in [6, 6.07) is 15.3. The van der Waals surface area contributed by atoms with Gasteiger partial charge in [0, 0.05) is 31.1 Å². The Balaban J connectivity index is 1.45. The average molecular weight is 300 g/mol. The molecule has 1 saturated heterocycles. The standard InChI is InChI=1S/C18H24N2S/c1-2-6-17(7-3-1)9-12-19-10-5-11-20(14-13-19)16-18-8-4-15-21-18/h1-4,6-8,15H,5,9-14,16H2. The minimum absolute atomic E-state index is 1.13. The molecule has 0 bridgehead atoms. The van der Waals surface area contributed by atoms with E-state index in [1.165, 1.54) is 56.0 Å². The Bertz CT molecular complexity index is 509. The molecule has 1 aromatic heterocycles. The normalized spacial score (nSPS) is 17.7. The van der Waals surface area contributed by atoms with E-state index in [0.717, 1.165) is 6.54 Å². The highest BCUT2D eigenvalue weighted by atomic mass is 32.1. The first-order chi connectivity index (χ1) is 10.4. The number of hydrogen-bond donors (Lipinski definition) is 0. The second-order valence-electron chi connectivity index (χ2n) is 5.79. The quantitative estimate of drug-likeness (QED) is 0.834. The third-order valence-corrected chi connectivity index (χ3v) is 5.06. The van der Waals surface area contributed by atoms with Crippen molar-refractivity contribution in [1.82, 2.24) is 9.80 Å². The lowest BCUT2D eigenvalue weighted by molar-refractivity contribution is 0.254. The van der Waals surface area contributed by atoms with Gasteiger partial charge in [-0.15, -0.1) is 11.3 Å². The number of hydrogen-bond acceptors (Lipinski definition) is 3. The summed E-state index contributed by atoms with van der Waals surface area (Å²) >= 11 is 1.88.